The van der Waals surface area contributed by atoms with Gasteiger partial charge in [-0.1, -0.05) is 57.9 Å². The standard InChI is InChI=1S/C19H21N3O4.C8H9Br/c1-19(2,3)18(25)26-12-21-10-13(20-11-21)8-9-22-16(23)14-6-4-5-7-15(14)17(22)24;1-7-2-4-8(6-9)5-3-7/h4-7,10-11H,8-9,12H2,1-3H3;2-5H,6H2,1H3. The lowest BCUT2D eigenvalue weighted by atomic mass is 9.98. The topological polar surface area (TPSA) is 81.5 Å². The fraction of sp³-hybridized carbons (Fsp3) is 0.333. The monoisotopic (exact) mass is 539 g/mol. The van der Waals surface area contributed by atoms with Crippen molar-refractivity contribution in [1.29, 1.82) is 0 Å². The highest BCUT2D eigenvalue weighted by Crippen LogP contribution is 2.22. The number of aromatic nitrogens is 2. The summed E-state index contributed by atoms with van der Waals surface area (Å²) in [5.74, 6) is -0.841. The number of carbonyl (C=O) groups excluding carboxylic acids is 3. The zero-order valence-corrected chi connectivity index (χ0v) is 22.0. The number of fused-ring (bicyclic) bond motifs is 1. The number of hydrogen-bond donors (Lipinski definition) is 0. The smallest absolute Gasteiger partial charge is 0.312 e. The zero-order valence-electron chi connectivity index (χ0n) is 20.5. The normalized spacial score (nSPS) is 12.8. The molecule has 0 radical (unpaired) electrons. The minimum Gasteiger partial charge on any atom is -0.443 e. The maximum absolute atomic E-state index is 12.3. The number of esters is 1. The molecule has 1 aromatic heterocycles. The highest BCUT2D eigenvalue weighted by atomic mass is 79.9. The SMILES string of the molecule is CC(C)(C)C(=O)OCn1cnc(CCN2C(=O)c3ccccc3C2=O)c1.Cc1ccc(CBr)cc1. The van der Waals surface area contributed by atoms with E-state index < -0.39 is 5.41 Å². The van der Waals surface area contributed by atoms with Crippen molar-refractivity contribution in [1.82, 2.24) is 14.5 Å². The fourth-order valence-electron chi connectivity index (χ4n) is 3.30. The second-order valence-electron chi connectivity index (χ2n) is 9.37. The number of halogens is 1. The van der Waals surface area contributed by atoms with Crippen molar-refractivity contribution in [3.63, 3.8) is 0 Å². The Kier molecular flexibility index (Phi) is 8.62. The summed E-state index contributed by atoms with van der Waals surface area (Å²) < 4.78 is 6.88. The number of rotatable bonds is 6. The maximum atomic E-state index is 12.3. The van der Waals surface area contributed by atoms with E-state index in [2.05, 4.69) is 52.1 Å². The molecule has 1 aliphatic rings. The van der Waals surface area contributed by atoms with Gasteiger partial charge in [0.25, 0.3) is 11.8 Å². The summed E-state index contributed by atoms with van der Waals surface area (Å²) in [4.78, 5) is 41.9. The molecule has 8 heteroatoms. The van der Waals surface area contributed by atoms with E-state index in [-0.39, 0.29) is 31.1 Å². The minimum absolute atomic E-state index is 0.0795. The first-order chi connectivity index (χ1) is 16.6. The van der Waals surface area contributed by atoms with E-state index >= 15 is 0 Å². The molecule has 0 spiro atoms. The van der Waals surface area contributed by atoms with Gasteiger partial charge in [0.05, 0.1) is 28.6 Å². The molecule has 35 heavy (non-hydrogen) atoms. The largest absolute Gasteiger partial charge is 0.443 e. The summed E-state index contributed by atoms with van der Waals surface area (Å²) in [7, 11) is 0. The van der Waals surface area contributed by atoms with Crippen LogP contribution in [0, 0.1) is 12.3 Å². The van der Waals surface area contributed by atoms with Gasteiger partial charge in [0.2, 0.25) is 0 Å². The summed E-state index contributed by atoms with van der Waals surface area (Å²) in [6, 6.07) is 15.3. The van der Waals surface area contributed by atoms with Crippen LogP contribution in [0.3, 0.4) is 0 Å². The van der Waals surface area contributed by atoms with Crippen LogP contribution < -0.4 is 0 Å². The average molecular weight is 540 g/mol. The Morgan fingerprint density at radius 3 is 2.14 bits per heavy atom. The number of nitrogens with zero attached hydrogens (tertiary/aromatic N) is 3. The van der Waals surface area contributed by atoms with Gasteiger partial charge < -0.3 is 9.30 Å². The van der Waals surface area contributed by atoms with Crippen molar-refractivity contribution in [2.45, 2.75) is 46.2 Å². The van der Waals surface area contributed by atoms with Crippen molar-refractivity contribution in [2.75, 3.05) is 6.54 Å². The van der Waals surface area contributed by atoms with Crippen molar-refractivity contribution >= 4 is 33.7 Å². The Balaban J connectivity index is 0.000000320. The lowest BCUT2D eigenvalue weighted by molar-refractivity contribution is -0.156. The van der Waals surface area contributed by atoms with Crippen molar-refractivity contribution < 1.29 is 19.1 Å². The van der Waals surface area contributed by atoms with Crippen LogP contribution in [0.5, 0.6) is 0 Å². The number of imide groups is 1. The molecular formula is C27H30BrN3O4. The van der Waals surface area contributed by atoms with E-state index in [0.29, 0.717) is 23.2 Å². The third kappa shape index (κ3) is 6.88. The van der Waals surface area contributed by atoms with Crippen LogP contribution in [0.1, 0.15) is 58.3 Å². The van der Waals surface area contributed by atoms with Crippen LogP contribution in [0.25, 0.3) is 0 Å². The Morgan fingerprint density at radius 1 is 1.00 bits per heavy atom. The van der Waals surface area contributed by atoms with Crippen LogP contribution in [0.4, 0.5) is 0 Å². The molecule has 0 fully saturated rings. The van der Waals surface area contributed by atoms with Gasteiger partial charge in [-0.2, -0.15) is 0 Å². The molecule has 2 aromatic carbocycles. The Bertz CT molecular complexity index is 1160. The molecule has 0 N–H and O–H groups in total. The van der Waals surface area contributed by atoms with E-state index in [4.69, 9.17) is 4.74 Å². The molecule has 184 valence electrons. The van der Waals surface area contributed by atoms with Crippen LogP contribution >= 0.6 is 15.9 Å². The van der Waals surface area contributed by atoms with Gasteiger partial charge in [0.15, 0.2) is 6.73 Å². The molecule has 2 heterocycles. The summed E-state index contributed by atoms with van der Waals surface area (Å²) in [6.07, 6.45) is 3.74. The molecule has 4 rings (SSSR count). The van der Waals surface area contributed by atoms with Crippen LogP contribution in [0.2, 0.25) is 0 Å². The molecule has 0 aliphatic carbocycles. The maximum Gasteiger partial charge on any atom is 0.312 e. The fourth-order valence-corrected chi connectivity index (χ4v) is 3.68. The Morgan fingerprint density at radius 2 is 1.60 bits per heavy atom. The van der Waals surface area contributed by atoms with E-state index in [1.807, 2.05) is 0 Å². The molecule has 7 nitrogen and oxygen atoms in total. The molecule has 0 bridgehead atoms. The number of amides is 2. The van der Waals surface area contributed by atoms with Gasteiger partial charge in [-0.15, -0.1) is 0 Å². The van der Waals surface area contributed by atoms with E-state index in [1.165, 1.54) is 16.0 Å². The second-order valence-corrected chi connectivity index (χ2v) is 9.93. The number of imidazole rings is 1. The lowest BCUT2D eigenvalue weighted by Crippen LogP contribution is -2.31. The van der Waals surface area contributed by atoms with Crippen molar-refractivity contribution in [3.8, 4) is 0 Å². The zero-order chi connectivity index (χ0) is 25.6. The number of benzene rings is 2. The van der Waals surface area contributed by atoms with Crippen LogP contribution in [-0.4, -0.2) is 38.8 Å². The van der Waals surface area contributed by atoms with E-state index in [0.717, 1.165) is 5.33 Å². The molecule has 0 saturated heterocycles. The van der Waals surface area contributed by atoms with Crippen molar-refractivity contribution in [2.24, 2.45) is 5.41 Å². The van der Waals surface area contributed by atoms with Gasteiger partial charge in [-0.25, -0.2) is 4.98 Å². The first-order valence-corrected chi connectivity index (χ1v) is 12.5. The molecule has 0 atom stereocenters. The molecule has 2 amide bonds. The van der Waals surface area contributed by atoms with Gasteiger partial charge >= 0.3 is 5.97 Å². The van der Waals surface area contributed by atoms with Gasteiger partial charge in [-0.3, -0.25) is 19.3 Å². The Labute approximate surface area is 214 Å². The lowest BCUT2D eigenvalue weighted by Gasteiger charge is -2.16. The molecule has 1 aliphatic heterocycles. The third-order valence-corrected chi connectivity index (χ3v) is 6.04. The Hall–Kier alpha value is -3.26. The molecule has 3 aromatic rings. The van der Waals surface area contributed by atoms with Crippen LogP contribution in [0.15, 0.2) is 61.1 Å². The average Bonchev–Trinajstić information content (AvgIpc) is 3.39. The molecule has 0 saturated carbocycles. The summed E-state index contributed by atoms with van der Waals surface area (Å²) in [6.45, 7) is 7.80. The third-order valence-electron chi connectivity index (χ3n) is 5.39. The molecular weight excluding hydrogens is 510 g/mol. The summed E-state index contributed by atoms with van der Waals surface area (Å²) >= 11 is 3.38. The molecule has 0 unspecified atom stereocenters. The number of ether oxygens (including phenoxy) is 1. The van der Waals surface area contributed by atoms with E-state index in [9.17, 15) is 14.4 Å². The number of alkyl halides is 1. The first-order valence-electron chi connectivity index (χ1n) is 11.3. The number of hydrogen-bond acceptors (Lipinski definition) is 5. The summed E-state index contributed by atoms with van der Waals surface area (Å²) in [5, 5.41) is 0.952. The predicted molar refractivity (Wildman–Crippen MR) is 137 cm³/mol. The number of carbonyl (C=O) groups is 3. The van der Waals surface area contributed by atoms with Crippen molar-refractivity contribution in [3.05, 3.63) is 89.0 Å². The number of aryl methyl sites for hydroxylation is 1. The first kappa shape index (κ1) is 26.3. The summed E-state index contributed by atoms with van der Waals surface area (Å²) in [5.41, 5.74) is 3.69. The van der Waals surface area contributed by atoms with Gasteiger partial charge in [-0.05, 0) is 45.4 Å². The van der Waals surface area contributed by atoms with Crippen LogP contribution in [-0.2, 0) is 28.0 Å². The predicted octanol–water partition coefficient (Wildman–Crippen LogP) is 5.16. The van der Waals surface area contributed by atoms with E-state index in [1.54, 1.807) is 62.1 Å². The highest BCUT2D eigenvalue weighted by molar-refractivity contribution is 9.08. The van der Waals surface area contributed by atoms with Gasteiger partial charge in [0.1, 0.15) is 0 Å². The quantitative estimate of drug-likeness (QED) is 0.245. The minimum atomic E-state index is -0.561. The van der Waals surface area contributed by atoms with Gasteiger partial charge in [0, 0.05) is 24.5 Å². The highest BCUT2D eigenvalue weighted by Gasteiger charge is 2.34. The second kappa shape index (κ2) is 11.4.